The van der Waals surface area contributed by atoms with Crippen LogP contribution in [0.2, 0.25) is 0 Å². The normalized spacial score (nSPS) is 19.3. The van der Waals surface area contributed by atoms with Crippen LogP contribution in [0.15, 0.2) is 23.1 Å². The van der Waals surface area contributed by atoms with Gasteiger partial charge in [-0.05, 0) is 43.6 Å². The van der Waals surface area contributed by atoms with Crippen molar-refractivity contribution >= 4 is 23.4 Å². The largest absolute Gasteiger partial charge is 0.478 e. The third kappa shape index (κ3) is 3.94. The Kier molecular flexibility index (Phi) is 5.97. The highest BCUT2D eigenvalue weighted by Crippen LogP contribution is 2.32. The van der Waals surface area contributed by atoms with Crippen LogP contribution in [0.1, 0.15) is 49.4 Å². The molecule has 0 aliphatic carbocycles. The van der Waals surface area contributed by atoms with Crippen molar-refractivity contribution in [1.29, 1.82) is 0 Å². The zero-order valence-electron chi connectivity index (χ0n) is 13.0. The van der Waals surface area contributed by atoms with Gasteiger partial charge in [-0.15, -0.1) is 11.8 Å². The van der Waals surface area contributed by atoms with Gasteiger partial charge in [-0.25, -0.2) is 4.79 Å². The van der Waals surface area contributed by atoms with Crippen molar-refractivity contribution < 1.29 is 9.90 Å². The average molecular weight is 307 g/mol. The van der Waals surface area contributed by atoms with Gasteiger partial charge >= 0.3 is 5.97 Å². The molecular formula is C17H25NO2S. The van der Waals surface area contributed by atoms with Crippen molar-refractivity contribution in [3.05, 3.63) is 23.8 Å². The third-order valence-corrected chi connectivity index (χ3v) is 5.10. The van der Waals surface area contributed by atoms with E-state index in [4.69, 9.17) is 0 Å². The van der Waals surface area contributed by atoms with Crippen LogP contribution >= 0.6 is 11.8 Å². The van der Waals surface area contributed by atoms with Crippen LogP contribution in [0, 0.1) is 5.92 Å². The summed E-state index contributed by atoms with van der Waals surface area (Å²) in [6.45, 7) is 4.19. The van der Waals surface area contributed by atoms with E-state index in [1.807, 2.05) is 24.5 Å². The van der Waals surface area contributed by atoms with Crippen molar-refractivity contribution in [3.63, 3.8) is 0 Å². The van der Waals surface area contributed by atoms with Crippen LogP contribution in [0.25, 0.3) is 0 Å². The predicted molar refractivity (Wildman–Crippen MR) is 89.6 cm³/mol. The molecule has 0 bridgehead atoms. The quantitative estimate of drug-likeness (QED) is 0.812. The van der Waals surface area contributed by atoms with Crippen molar-refractivity contribution in [3.8, 4) is 0 Å². The third-order valence-electron chi connectivity index (χ3n) is 4.32. The van der Waals surface area contributed by atoms with Gasteiger partial charge in [0, 0.05) is 18.0 Å². The first kappa shape index (κ1) is 16.2. The van der Waals surface area contributed by atoms with Crippen LogP contribution in [0.4, 0.5) is 5.69 Å². The maximum atomic E-state index is 11.7. The first-order chi connectivity index (χ1) is 10.2. The Morgan fingerprint density at radius 3 is 2.86 bits per heavy atom. The van der Waals surface area contributed by atoms with E-state index in [0.29, 0.717) is 5.56 Å². The zero-order valence-corrected chi connectivity index (χ0v) is 13.8. The fraction of sp³-hybridized carbons (Fsp3) is 0.588. The molecule has 1 saturated heterocycles. The Morgan fingerprint density at radius 2 is 2.19 bits per heavy atom. The molecule has 2 rings (SSSR count). The van der Waals surface area contributed by atoms with Gasteiger partial charge in [-0.2, -0.15) is 0 Å². The number of rotatable bonds is 5. The van der Waals surface area contributed by atoms with Crippen LogP contribution in [0.3, 0.4) is 0 Å². The second kappa shape index (κ2) is 7.74. The Balaban J connectivity index is 2.23. The van der Waals surface area contributed by atoms with Gasteiger partial charge in [0.2, 0.25) is 0 Å². The van der Waals surface area contributed by atoms with Gasteiger partial charge in [0.05, 0.1) is 11.3 Å². The number of nitrogens with zero attached hydrogens (tertiary/aromatic N) is 1. The first-order valence-corrected chi connectivity index (χ1v) is 9.05. The van der Waals surface area contributed by atoms with Crippen LogP contribution in [-0.2, 0) is 0 Å². The minimum absolute atomic E-state index is 0.471. The minimum atomic E-state index is -0.815. The lowest BCUT2D eigenvalue weighted by atomic mass is 9.96. The number of carbonyl (C=O) groups is 1. The number of carboxylic acid groups (broad SMARTS) is 1. The second-order valence-corrected chi connectivity index (χ2v) is 6.58. The van der Waals surface area contributed by atoms with Crippen LogP contribution in [0.5, 0.6) is 0 Å². The molecule has 1 heterocycles. The molecule has 1 fully saturated rings. The SMILES string of the molecule is CCCC1CCCN(c2cccc(SC)c2C(=O)O)CC1. The molecule has 1 atom stereocenters. The summed E-state index contributed by atoms with van der Waals surface area (Å²) in [7, 11) is 0. The first-order valence-electron chi connectivity index (χ1n) is 7.82. The molecule has 4 heteroatoms. The van der Waals surface area contributed by atoms with E-state index >= 15 is 0 Å². The summed E-state index contributed by atoms with van der Waals surface area (Å²) in [5.74, 6) is -0.0127. The molecule has 3 nitrogen and oxygen atoms in total. The molecular weight excluding hydrogens is 282 g/mol. The van der Waals surface area contributed by atoms with Gasteiger partial charge in [-0.1, -0.05) is 25.8 Å². The summed E-state index contributed by atoms with van der Waals surface area (Å²) >= 11 is 1.51. The maximum Gasteiger partial charge on any atom is 0.338 e. The van der Waals surface area contributed by atoms with Gasteiger partial charge in [0.1, 0.15) is 0 Å². The summed E-state index contributed by atoms with van der Waals surface area (Å²) in [6.07, 6.45) is 8.08. The lowest BCUT2D eigenvalue weighted by Gasteiger charge is -2.25. The van der Waals surface area contributed by atoms with Crippen molar-refractivity contribution in [2.75, 3.05) is 24.2 Å². The molecule has 0 amide bonds. The van der Waals surface area contributed by atoms with Crippen molar-refractivity contribution in [2.24, 2.45) is 5.92 Å². The Hall–Kier alpha value is -1.16. The number of hydrogen-bond acceptors (Lipinski definition) is 3. The fourth-order valence-corrected chi connectivity index (χ4v) is 3.88. The smallest absolute Gasteiger partial charge is 0.338 e. The Labute approximate surface area is 131 Å². The summed E-state index contributed by atoms with van der Waals surface area (Å²) in [5.41, 5.74) is 1.37. The highest BCUT2D eigenvalue weighted by molar-refractivity contribution is 7.98. The van der Waals surface area contributed by atoms with Gasteiger partial charge < -0.3 is 10.0 Å². The Morgan fingerprint density at radius 1 is 1.38 bits per heavy atom. The minimum Gasteiger partial charge on any atom is -0.478 e. The van der Waals surface area contributed by atoms with Crippen molar-refractivity contribution in [1.82, 2.24) is 0 Å². The van der Waals surface area contributed by atoms with E-state index < -0.39 is 5.97 Å². The fourth-order valence-electron chi connectivity index (χ4n) is 3.27. The Bertz CT molecular complexity index is 490. The molecule has 1 aliphatic heterocycles. The average Bonchev–Trinajstić information content (AvgIpc) is 2.72. The molecule has 21 heavy (non-hydrogen) atoms. The molecule has 1 N–H and O–H groups in total. The predicted octanol–water partition coefficient (Wildman–Crippen LogP) is 4.51. The highest BCUT2D eigenvalue weighted by Gasteiger charge is 2.22. The summed E-state index contributed by atoms with van der Waals surface area (Å²) in [4.78, 5) is 14.8. The van der Waals surface area contributed by atoms with Crippen LogP contribution < -0.4 is 4.90 Å². The zero-order chi connectivity index (χ0) is 15.2. The lowest BCUT2D eigenvalue weighted by molar-refractivity contribution is 0.0694. The molecule has 1 aromatic rings. The standard InChI is InChI=1S/C17H25NO2S/c1-3-6-13-7-5-11-18(12-10-13)14-8-4-9-15(21-2)16(14)17(19)20/h4,8-9,13H,3,5-7,10-12H2,1-2H3,(H,19,20). The van der Waals surface area contributed by atoms with E-state index in [1.165, 1.54) is 37.4 Å². The summed E-state index contributed by atoms with van der Waals surface area (Å²) in [5, 5.41) is 9.57. The second-order valence-electron chi connectivity index (χ2n) is 5.73. The van der Waals surface area contributed by atoms with E-state index in [1.54, 1.807) is 0 Å². The highest BCUT2D eigenvalue weighted by atomic mass is 32.2. The monoisotopic (exact) mass is 307 g/mol. The number of hydrogen-bond donors (Lipinski definition) is 1. The molecule has 0 radical (unpaired) electrons. The molecule has 1 unspecified atom stereocenters. The van der Waals surface area contributed by atoms with Gasteiger partial charge in [0.25, 0.3) is 0 Å². The van der Waals surface area contributed by atoms with E-state index in [-0.39, 0.29) is 0 Å². The topological polar surface area (TPSA) is 40.5 Å². The molecule has 116 valence electrons. The summed E-state index contributed by atoms with van der Waals surface area (Å²) in [6, 6.07) is 5.83. The number of carboxylic acids is 1. The number of anilines is 1. The van der Waals surface area contributed by atoms with E-state index in [2.05, 4.69) is 11.8 Å². The lowest BCUT2D eigenvalue weighted by Crippen LogP contribution is -2.26. The van der Waals surface area contributed by atoms with E-state index in [9.17, 15) is 9.90 Å². The summed E-state index contributed by atoms with van der Waals surface area (Å²) < 4.78 is 0. The number of thioether (sulfide) groups is 1. The van der Waals surface area contributed by atoms with Gasteiger partial charge in [-0.3, -0.25) is 0 Å². The molecule has 1 aliphatic rings. The molecule has 0 spiro atoms. The molecule has 0 saturated carbocycles. The number of aromatic carboxylic acids is 1. The molecule has 0 aromatic heterocycles. The van der Waals surface area contributed by atoms with Gasteiger partial charge in [0.15, 0.2) is 0 Å². The van der Waals surface area contributed by atoms with Crippen molar-refractivity contribution in [2.45, 2.75) is 43.9 Å². The number of benzene rings is 1. The molecule has 1 aromatic carbocycles. The maximum absolute atomic E-state index is 11.7. The van der Waals surface area contributed by atoms with Crippen LogP contribution in [-0.4, -0.2) is 30.4 Å². The van der Waals surface area contributed by atoms with E-state index in [0.717, 1.165) is 36.0 Å².